The van der Waals surface area contributed by atoms with Crippen molar-refractivity contribution in [2.45, 2.75) is 0 Å². The molecule has 0 unspecified atom stereocenters. The van der Waals surface area contributed by atoms with E-state index in [1.165, 1.54) is 0 Å². The smallest absolute Gasteiger partial charge is 0.146 e. The average molecular weight is 98.1 g/mol. The van der Waals surface area contributed by atoms with Crippen molar-refractivity contribution >= 4 is 5.69 Å². The van der Waals surface area contributed by atoms with Crippen LogP contribution in [-0.2, 0) is 0 Å². The summed E-state index contributed by atoms with van der Waals surface area (Å²) in [5, 5.41) is 6.31. The van der Waals surface area contributed by atoms with Gasteiger partial charge in [0.1, 0.15) is 6.26 Å². The highest BCUT2D eigenvalue weighted by atomic mass is 16.5. The van der Waals surface area contributed by atoms with Gasteiger partial charge in [0.2, 0.25) is 0 Å². The SMILES string of the molecule is CNc1cnoc1. The van der Waals surface area contributed by atoms with E-state index in [1.807, 2.05) is 7.05 Å². The van der Waals surface area contributed by atoms with Crippen molar-refractivity contribution in [2.24, 2.45) is 0 Å². The monoisotopic (exact) mass is 98.0 g/mol. The molecule has 0 aliphatic rings. The van der Waals surface area contributed by atoms with E-state index in [2.05, 4.69) is 15.0 Å². The van der Waals surface area contributed by atoms with E-state index in [1.54, 1.807) is 12.5 Å². The lowest BCUT2D eigenvalue weighted by atomic mass is 10.6. The fourth-order valence-electron chi connectivity index (χ4n) is 0.328. The maximum absolute atomic E-state index is 4.49. The van der Waals surface area contributed by atoms with Crippen LogP contribution >= 0.6 is 0 Å². The molecule has 0 atom stereocenters. The van der Waals surface area contributed by atoms with Crippen molar-refractivity contribution in [3.8, 4) is 0 Å². The molecule has 0 saturated carbocycles. The summed E-state index contributed by atoms with van der Waals surface area (Å²) in [6.45, 7) is 0. The van der Waals surface area contributed by atoms with Crippen molar-refractivity contribution in [1.82, 2.24) is 5.16 Å². The fraction of sp³-hybridized carbons (Fsp3) is 0.250. The summed E-state index contributed by atoms with van der Waals surface area (Å²) >= 11 is 0. The first-order valence-corrected chi connectivity index (χ1v) is 2.00. The molecule has 1 rings (SSSR count). The van der Waals surface area contributed by atoms with Gasteiger partial charge in [0.25, 0.3) is 0 Å². The van der Waals surface area contributed by atoms with Crippen molar-refractivity contribution in [3.63, 3.8) is 0 Å². The van der Waals surface area contributed by atoms with Crippen molar-refractivity contribution < 1.29 is 4.52 Å². The first-order valence-electron chi connectivity index (χ1n) is 2.00. The molecule has 0 amide bonds. The number of hydrogen-bond donors (Lipinski definition) is 1. The highest BCUT2D eigenvalue weighted by Crippen LogP contribution is 1.99. The molecular formula is C4H6N2O. The Kier molecular flexibility index (Phi) is 0.978. The van der Waals surface area contributed by atoms with Gasteiger partial charge in [0.15, 0.2) is 0 Å². The highest BCUT2D eigenvalue weighted by molar-refractivity contribution is 5.34. The van der Waals surface area contributed by atoms with Crippen LogP contribution in [0.1, 0.15) is 0 Å². The Hall–Kier alpha value is -0.990. The zero-order chi connectivity index (χ0) is 5.11. The number of anilines is 1. The van der Waals surface area contributed by atoms with Gasteiger partial charge in [-0.05, 0) is 0 Å². The standard InChI is InChI=1S/C4H6N2O/c1-5-4-2-6-7-3-4/h2-3,5H,1H3. The molecule has 0 radical (unpaired) electrons. The number of rotatable bonds is 1. The normalized spacial score (nSPS) is 8.71. The Morgan fingerprint density at radius 3 is 3.00 bits per heavy atom. The second-order valence-electron chi connectivity index (χ2n) is 1.16. The molecule has 38 valence electrons. The quantitative estimate of drug-likeness (QED) is 0.562. The van der Waals surface area contributed by atoms with Crippen LogP contribution in [0.4, 0.5) is 5.69 Å². The predicted molar refractivity (Wildman–Crippen MR) is 26.0 cm³/mol. The molecule has 0 bridgehead atoms. The topological polar surface area (TPSA) is 38.1 Å². The molecule has 7 heavy (non-hydrogen) atoms. The average Bonchev–Trinajstić information content (AvgIpc) is 2.14. The molecule has 1 heterocycles. The lowest BCUT2D eigenvalue weighted by Crippen LogP contribution is -1.81. The Morgan fingerprint density at radius 1 is 1.86 bits per heavy atom. The van der Waals surface area contributed by atoms with Gasteiger partial charge in [-0.1, -0.05) is 5.16 Å². The molecular weight excluding hydrogens is 92.1 g/mol. The first kappa shape index (κ1) is 4.18. The van der Waals surface area contributed by atoms with Gasteiger partial charge in [-0.3, -0.25) is 0 Å². The van der Waals surface area contributed by atoms with E-state index >= 15 is 0 Å². The lowest BCUT2D eigenvalue weighted by molar-refractivity contribution is 0.420. The fourth-order valence-corrected chi connectivity index (χ4v) is 0.328. The molecule has 0 aliphatic heterocycles. The molecule has 0 spiro atoms. The van der Waals surface area contributed by atoms with Crippen LogP contribution in [0.5, 0.6) is 0 Å². The number of hydrogen-bond acceptors (Lipinski definition) is 3. The molecule has 1 aromatic heterocycles. The minimum absolute atomic E-state index is 0.903. The summed E-state index contributed by atoms with van der Waals surface area (Å²) in [5.74, 6) is 0. The van der Waals surface area contributed by atoms with E-state index in [0.29, 0.717) is 0 Å². The van der Waals surface area contributed by atoms with Crippen LogP contribution in [0.25, 0.3) is 0 Å². The molecule has 0 saturated heterocycles. The van der Waals surface area contributed by atoms with Crippen molar-refractivity contribution in [1.29, 1.82) is 0 Å². The third-order valence-electron chi connectivity index (χ3n) is 0.721. The molecule has 0 fully saturated rings. The number of nitrogens with zero attached hydrogens (tertiary/aromatic N) is 1. The molecule has 3 nitrogen and oxygen atoms in total. The van der Waals surface area contributed by atoms with E-state index < -0.39 is 0 Å². The summed E-state index contributed by atoms with van der Waals surface area (Å²) in [6, 6.07) is 0. The first-order chi connectivity index (χ1) is 3.43. The van der Waals surface area contributed by atoms with Gasteiger partial charge in [-0.2, -0.15) is 0 Å². The molecule has 3 heteroatoms. The predicted octanol–water partition coefficient (Wildman–Crippen LogP) is 0.716. The molecule has 1 N–H and O–H groups in total. The maximum Gasteiger partial charge on any atom is 0.146 e. The highest BCUT2D eigenvalue weighted by Gasteiger charge is 1.83. The van der Waals surface area contributed by atoms with Crippen LogP contribution in [0.3, 0.4) is 0 Å². The Bertz CT molecular complexity index is 124. The molecule has 1 aromatic rings. The van der Waals surface area contributed by atoms with Gasteiger partial charge >= 0.3 is 0 Å². The van der Waals surface area contributed by atoms with E-state index in [-0.39, 0.29) is 0 Å². The summed E-state index contributed by atoms with van der Waals surface area (Å²) in [4.78, 5) is 0. The van der Waals surface area contributed by atoms with Gasteiger partial charge in [-0.15, -0.1) is 0 Å². The second kappa shape index (κ2) is 1.64. The minimum atomic E-state index is 0.903. The van der Waals surface area contributed by atoms with E-state index in [9.17, 15) is 0 Å². The summed E-state index contributed by atoms with van der Waals surface area (Å²) in [7, 11) is 1.81. The number of nitrogens with one attached hydrogen (secondary N) is 1. The maximum atomic E-state index is 4.49. The van der Waals surface area contributed by atoms with Crippen LogP contribution in [0.15, 0.2) is 17.0 Å². The Morgan fingerprint density at radius 2 is 2.71 bits per heavy atom. The number of aromatic nitrogens is 1. The van der Waals surface area contributed by atoms with Gasteiger partial charge in [0.05, 0.1) is 11.9 Å². The van der Waals surface area contributed by atoms with Crippen LogP contribution in [-0.4, -0.2) is 12.2 Å². The molecule has 0 aromatic carbocycles. The zero-order valence-corrected chi connectivity index (χ0v) is 4.01. The third-order valence-corrected chi connectivity index (χ3v) is 0.721. The van der Waals surface area contributed by atoms with Crippen molar-refractivity contribution in [3.05, 3.63) is 12.5 Å². The van der Waals surface area contributed by atoms with Crippen LogP contribution < -0.4 is 5.32 Å². The minimum Gasteiger partial charge on any atom is -0.384 e. The van der Waals surface area contributed by atoms with Crippen molar-refractivity contribution in [2.75, 3.05) is 12.4 Å². The van der Waals surface area contributed by atoms with Gasteiger partial charge in [0, 0.05) is 7.05 Å². The van der Waals surface area contributed by atoms with Gasteiger partial charge < -0.3 is 9.84 Å². The summed E-state index contributed by atoms with van der Waals surface area (Å²) < 4.78 is 4.49. The Labute approximate surface area is 41.3 Å². The largest absolute Gasteiger partial charge is 0.384 e. The van der Waals surface area contributed by atoms with E-state index in [4.69, 9.17) is 0 Å². The summed E-state index contributed by atoms with van der Waals surface area (Å²) in [6.07, 6.45) is 3.15. The second-order valence-corrected chi connectivity index (χ2v) is 1.16. The molecule has 0 aliphatic carbocycles. The zero-order valence-electron chi connectivity index (χ0n) is 4.01. The Balaban J connectivity index is 2.76. The third kappa shape index (κ3) is 0.707. The van der Waals surface area contributed by atoms with Crippen LogP contribution in [0, 0.1) is 0 Å². The van der Waals surface area contributed by atoms with E-state index in [0.717, 1.165) is 5.69 Å². The van der Waals surface area contributed by atoms with Gasteiger partial charge in [-0.25, -0.2) is 0 Å². The van der Waals surface area contributed by atoms with Crippen LogP contribution in [0.2, 0.25) is 0 Å². The summed E-state index contributed by atoms with van der Waals surface area (Å²) in [5.41, 5.74) is 0.903. The lowest BCUT2D eigenvalue weighted by Gasteiger charge is -1.82.